The van der Waals surface area contributed by atoms with E-state index in [-0.39, 0.29) is 18.0 Å². The first-order valence-electron chi connectivity index (χ1n) is 7.45. The Hall–Kier alpha value is -2.13. The van der Waals surface area contributed by atoms with E-state index in [2.05, 4.69) is 28.6 Å². The van der Waals surface area contributed by atoms with Gasteiger partial charge in [-0.1, -0.05) is 36.8 Å². The summed E-state index contributed by atoms with van der Waals surface area (Å²) in [7, 11) is 0. The molecule has 0 aliphatic rings. The minimum Gasteiger partial charge on any atom is -0.335 e. The molecule has 0 fully saturated rings. The lowest BCUT2D eigenvalue weighted by Gasteiger charge is -2.16. The van der Waals surface area contributed by atoms with Gasteiger partial charge in [0.15, 0.2) is 5.13 Å². The lowest BCUT2D eigenvalue weighted by molar-refractivity contribution is 0.247. The van der Waals surface area contributed by atoms with Crippen LogP contribution in [0.25, 0.3) is 10.2 Å². The summed E-state index contributed by atoms with van der Waals surface area (Å²) in [6.07, 6.45) is 2.50. The number of urea groups is 1. The highest BCUT2D eigenvalue weighted by molar-refractivity contribution is 7.22. The van der Waals surface area contributed by atoms with Gasteiger partial charge in [-0.25, -0.2) is 9.78 Å². The van der Waals surface area contributed by atoms with E-state index in [0.29, 0.717) is 11.6 Å². The number of fused-ring (bicyclic) bond motifs is 1. The number of carbonyl (C=O) groups excluding carboxylic acids is 1. The van der Waals surface area contributed by atoms with E-state index in [1.54, 1.807) is 0 Å². The number of aromatic nitrogens is 1. The van der Waals surface area contributed by atoms with Crippen LogP contribution < -0.4 is 10.6 Å². The molecular formula is C16H20N4OS. The summed E-state index contributed by atoms with van der Waals surface area (Å²) in [6, 6.07) is 9.72. The number of para-hydroxylation sites is 1. The predicted octanol–water partition coefficient (Wildman–Crippen LogP) is 4.14. The number of anilines is 1. The third-order valence-corrected chi connectivity index (χ3v) is 4.30. The third-order valence-electron chi connectivity index (χ3n) is 3.35. The van der Waals surface area contributed by atoms with Crippen LogP contribution in [0.5, 0.6) is 0 Å². The molecule has 2 unspecified atom stereocenters. The Labute approximate surface area is 134 Å². The first-order valence-corrected chi connectivity index (χ1v) is 8.26. The van der Waals surface area contributed by atoms with E-state index in [4.69, 9.17) is 5.26 Å². The number of carbonyl (C=O) groups is 1. The number of amides is 2. The van der Waals surface area contributed by atoms with Crippen LogP contribution in [0.2, 0.25) is 0 Å². The molecule has 2 aromatic rings. The smallest absolute Gasteiger partial charge is 0.321 e. The summed E-state index contributed by atoms with van der Waals surface area (Å²) in [6.45, 7) is 3.97. The zero-order valence-electron chi connectivity index (χ0n) is 12.8. The Kier molecular flexibility index (Phi) is 5.73. The summed E-state index contributed by atoms with van der Waals surface area (Å²) in [5.74, 6) is -0.0113. The molecule has 2 amide bonds. The van der Waals surface area contributed by atoms with E-state index in [0.717, 1.165) is 23.1 Å². The fourth-order valence-corrected chi connectivity index (χ4v) is 3.21. The lowest BCUT2D eigenvalue weighted by atomic mass is 9.98. The van der Waals surface area contributed by atoms with Crippen molar-refractivity contribution in [2.24, 2.45) is 5.92 Å². The molecule has 6 heteroatoms. The van der Waals surface area contributed by atoms with Crippen LogP contribution in [0.3, 0.4) is 0 Å². The minimum atomic E-state index is -0.278. The Morgan fingerprint density at radius 1 is 1.45 bits per heavy atom. The van der Waals surface area contributed by atoms with Crippen molar-refractivity contribution in [2.45, 2.75) is 39.2 Å². The number of nitrogens with zero attached hydrogens (tertiary/aromatic N) is 2. The van der Waals surface area contributed by atoms with Gasteiger partial charge in [0.2, 0.25) is 0 Å². The quantitative estimate of drug-likeness (QED) is 0.841. The Bertz CT molecular complexity index is 643. The Morgan fingerprint density at radius 3 is 2.91 bits per heavy atom. The van der Waals surface area contributed by atoms with Gasteiger partial charge in [0.05, 0.1) is 16.3 Å². The van der Waals surface area contributed by atoms with Gasteiger partial charge in [0.1, 0.15) is 0 Å². The van der Waals surface area contributed by atoms with Crippen LogP contribution in [0.4, 0.5) is 9.93 Å². The van der Waals surface area contributed by atoms with Gasteiger partial charge in [0.25, 0.3) is 0 Å². The van der Waals surface area contributed by atoms with Crippen LogP contribution >= 0.6 is 11.3 Å². The van der Waals surface area contributed by atoms with Crippen molar-refractivity contribution in [3.63, 3.8) is 0 Å². The van der Waals surface area contributed by atoms with Gasteiger partial charge in [-0.2, -0.15) is 5.26 Å². The number of nitriles is 1. The molecule has 5 nitrogen and oxygen atoms in total. The monoisotopic (exact) mass is 316 g/mol. The maximum Gasteiger partial charge on any atom is 0.321 e. The van der Waals surface area contributed by atoms with E-state index in [1.165, 1.54) is 11.3 Å². The molecule has 116 valence electrons. The van der Waals surface area contributed by atoms with Crippen LogP contribution in [0.15, 0.2) is 24.3 Å². The van der Waals surface area contributed by atoms with Crippen molar-refractivity contribution in [3.8, 4) is 6.07 Å². The molecule has 22 heavy (non-hydrogen) atoms. The number of hydrogen-bond acceptors (Lipinski definition) is 4. The van der Waals surface area contributed by atoms with Gasteiger partial charge < -0.3 is 5.32 Å². The standard InChI is InChI=1S/C16H20N4OS/c1-3-6-12(10-17)9-11(2)18-15(21)20-16-19-13-7-4-5-8-14(13)22-16/h4-5,7-8,11-12H,3,6,9H2,1-2H3,(H2,18,19,20,21). The summed E-state index contributed by atoms with van der Waals surface area (Å²) in [4.78, 5) is 16.3. The molecule has 0 aliphatic carbocycles. The molecule has 0 radical (unpaired) electrons. The normalized spacial score (nSPS) is 13.3. The van der Waals surface area contributed by atoms with Crippen LogP contribution in [-0.2, 0) is 0 Å². The number of hydrogen-bond donors (Lipinski definition) is 2. The molecule has 2 atom stereocenters. The topological polar surface area (TPSA) is 77.8 Å². The average Bonchev–Trinajstić information content (AvgIpc) is 2.88. The summed E-state index contributed by atoms with van der Waals surface area (Å²) < 4.78 is 1.04. The van der Waals surface area contributed by atoms with E-state index in [1.807, 2.05) is 31.2 Å². The van der Waals surface area contributed by atoms with Crippen LogP contribution in [0, 0.1) is 17.2 Å². The molecule has 0 saturated heterocycles. The maximum absolute atomic E-state index is 12.0. The van der Waals surface area contributed by atoms with Crippen molar-refractivity contribution in [1.29, 1.82) is 5.26 Å². The average molecular weight is 316 g/mol. The van der Waals surface area contributed by atoms with Crippen LogP contribution in [0.1, 0.15) is 33.1 Å². The van der Waals surface area contributed by atoms with Gasteiger partial charge >= 0.3 is 6.03 Å². The number of benzene rings is 1. The van der Waals surface area contributed by atoms with Crippen molar-refractivity contribution in [3.05, 3.63) is 24.3 Å². The van der Waals surface area contributed by atoms with E-state index < -0.39 is 0 Å². The second kappa shape index (κ2) is 7.76. The second-order valence-corrected chi connectivity index (χ2v) is 6.37. The second-order valence-electron chi connectivity index (χ2n) is 5.34. The highest BCUT2D eigenvalue weighted by Gasteiger charge is 2.15. The molecule has 0 bridgehead atoms. The number of rotatable bonds is 6. The number of thiazole rings is 1. The molecule has 2 rings (SSSR count). The highest BCUT2D eigenvalue weighted by Crippen LogP contribution is 2.25. The molecular weight excluding hydrogens is 296 g/mol. The SMILES string of the molecule is CCCC(C#N)CC(C)NC(=O)Nc1nc2ccccc2s1. The molecule has 1 aromatic carbocycles. The number of nitrogens with one attached hydrogen (secondary N) is 2. The minimum absolute atomic E-state index is 0.0113. The fraction of sp³-hybridized carbons (Fsp3) is 0.438. The first-order chi connectivity index (χ1) is 10.6. The van der Waals surface area contributed by atoms with Gasteiger partial charge in [-0.05, 0) is 31.9 Å². The van der Waals surface area contributed by atoms with Crippen LogP contribution in [-0.4, -0.2) is 17.1 Å². The molecule has 0 saturated carbocycles. The molecule has 0 aliphatic heterocycles. The van der Waals surface area contributed by atoms with E-state index >= 15 is 0 Å². The lowest BCUT2D eigenvalue weighted by Crippen LogP contribution is -2.37. The van der Waals surface area contributed by atoms with Crippen molar-refractivity contribution in [2.75, 3.05) is 5.32 Å². The van der Waals surface area contributed by atoms with Gasteiger partial charge in [-0.15, -0.1) is 0 Å². The first kappa shape index (κ1) is 16.2. The molecule has 1 aromatic heterocycles. The van der Waals surface area contributed by atoms with E-state index in [9.17, 15) is 4.79 Å². The zero-order valence-corrected chi connectivity index (χ0v) is 13.6. The Morgan fingerprint density at radius 2 is 2.23 bits per heavy atom. The predicted molar refractivity (Wildman–Crippen MR) is 89.9 cm³/mol. The molecule has 0 spiro atoms. The summed E-state index contributed by atoms with van der Waals surface area (Å²) in [5.41, 5.74) is 0.878. The maximum atomic E-state index is 12.0. The summed E-state index contributed by atoms with van der Waals surface area (Å²) >= 11 is 1.44. The molecule has 2 N–H and O–H groups in total. The van der Waals surface area contributed by atoms with Gasteiger partial charge in [0, 0.05) is 12.0 Å². The fourth-order valence-electron chi connectivity index (χ4n) is 2.35. The van der Waals surface area contributed by atoms with Crippen molar-refractivity contribution in [1.82, 2.24) is 10.3 Å². The summed E-state index contributed by atoms with van der Waals surface area (Å²) in [5, 5.41) is 15.3. The zero-order chi connectivity index (χ0) is 15.9. The largest absolute Gasteiger partial charge is 0.335 e. The highest BCUT2D eigenvalue weighted by atomic mass is 32.1. The third kappa shape index (κ3) is 4.43. The van der Waals surface area contributed by atoms with Crippen molar-refractivity contribution >= 4 is 32.7 Å². The molecule has 1 heterocycles. The Balaban J connectivity index is 1.88. The van der Waals surface area contributed by atoms with Gasteiger partial charge in [-0.3, -0.25) is 5.32 Å². The van der Waals surface area contributed by atoms with Crippen molar-refractivity contribution < 1.29 is 4.79 Å².